The van der Waals surface area contributed by atoms with E-state index in [0.717, 1.165) is 63.2 Å². The molecule has 2 aliphatic rings. The van der Waals surface area contributed by atoms with Crippen molar-refractivity contribution in [2.24, 2.45) is 5.92 Å². The van der Waals surface area contributed by atoms with E-state index in [1.807, 2.05) is 55.5 Å². The highest BCUT2D eigenvalue weighted by Crippen LogP contribution is 2.40. The molecule has 0 aliphatic heterocycles. The maximum absolute atomic E-state index is 4.76. The molecule has 230 valence electrons. The van der Waals surface area contributed by atoms with E-state index in [2.05, 4.69) is 58.4 Å². The van der Waals surface area contributed by atoms with Crippen LogP contribution in [0.2, 0.25) is 0 Å². The van der Waals surface area contributed by atoms with Gasteiger partial charge < -0.3 is 16.0 Å². The van der Waals surface area contributed by atoms with Gasteiger partial charge in [-0.2, -0.15) is 15.2 Å². The van der Waals surface area contributed by atoms with Crippen LogP contribution in [-0.4, -0.2) is 46.9 Å². The minimum atomic E-state index is 0.655. The first kappa shape index (κ1) is 28.7. The largest absolute Gasteiger partial charge is 0.354 e. The predicted molar refractivity (Wildman–Crippen MR) is 179 cm³/mol. The minimum absolute atomic E-state index is 0.655. The van der Waals surface area contributed by atoms with Crippen LogP contribution < -0.4 is 16.0 Å². The first-order chi connectivity index (χ1) is 22.2. The van der Waals surface area contributed by atoms with E-state index in [9.17, 15) is 0 Å². The summed E-state index contributed by atoms with van der Waals surface area (Å²) < 4.78 is 0. The zero-order valence-electron chi connectivity index (χ0n) is 25.6. The summed E-state index contributed by atoms with van der Waals surface area (Å²) in [7, 11) is 0. The molecule has 0 atom stereocenters. The van der Waals surface area contributed by atoms with Crippen LogP contribution in [0.5, 0.6) is 0 Å². The lowest BCUT2D eigenvalue weighted by Gasteiger charge is -2.21. The Balaban J connectivity index is 0.000000163. The molecule has 2 aliphatic carbocycles. The monoisotopic (exact) mass is 601 g/mol. The van der Waals surface area contributed by atoms with Crippen molar-refractivity contribution in [3.05, 3.63) is 78.4 Å². The van der Waals surface area contributed by atoms with E-state index in [4.69, 9.17) is 9.97 Å². The SMILES string of the molecule is Cc1cc(Nc2ncnc3ccccc23)n[nH]1.c1ccc2c(Nc3cc(C4CC4)[nH]n3)nc(NCCC3CCCCC3)nc2c1. The van der Waals surface area contributed by atoms with Crippen LogP contribution in [0, 0.1) is 12.8 Å². The number of para-hydroxylation sites is 2. The number of aromatic nitrogens is 8. The summed E-state index contributed by atoms with van der Waals surface area (Å²) in [5.74, 6) is 5.34. The molecule has 0 amide bonds. The Hall–Kier alpha value is -5.06. The summed E-state index contributed by atoms with van der Waals surface area (Å²) in [6, 6.07) is 20.0. The molecule has 4 aromatic heterocycles. The van der Waals surface area contributed by atoms with Crippen molar-refractivity contribution < 1.29 is 0 Å². The van der Waals surface area contributed by atoms with Gasteiger partial charge in [-0.1, -0.05) is 56.4 Å². The number of benzene rings is 2. The number of fused-ring (bicyclic) bond motifs is 2. The molecular weight excluding hydrogens is 562 g/mol. The van der Waals surface area contributed by atoms with Gasteiger partial charge in [0.25, 0.3) is 0 Å². The lowest BCUT2D eigenvalue weighted by molar-refractivity contribution is 0.345. The van der Waals surface area contributed by atoms with Gasteiger partial charge in [0, 0.05) is 46.8 Å². The van der Waals surface area contributed by atoms with Crippen molar-refractivity contribution in [3.8, 4) is 0 Å². The average molecular weight is 602 g/mol. The quantitative estimate of drug-likeness (QED) is 0.112. The maximum atomic E-state index is 4.76. The molecule has 0 radical (unpaired) electrons. The second kappa shape index (κ2) is 13.3. The van der Waals surface area contributed by atoms with E-state index >= 15 is 0 Å². The third-order valence-corrected chi connectivity index (χ3v) is 8.52. The zero-order valence-corrected chi connectivity index (χ0v) is 25.6. The molecule has 45 heavy (non-hydrogen) atoms. The Labute approximate surface area is 262 Å². The van der Waals surface area contributed by atoms with Crippen LogP contribution in [0.3, 0.4) is 0 Å². The highest BCUT2D eigenvalue weighted by atomic mass is 15.2. The molecule has 0 unspecified atom stereocenters. The number of rotatable bonds is 9. The van der Waals surface area contributed by atoms with Gasteiger partial charge in [0.05, 0.1) is 11.0 Å². The average Bonchev–Trinajstić information content (AvgIpc) is 3.69. The van der Waals surface area contributed by atoms with Gasteiger partial charge in [0.2, 0.25) is 5.95 Å². The Kier molecular flexibility index (Phi) is 8.48. The highest BCUT2D eigenvalue weighted by Gasteiger charge is 2.25. The van der Waals surface area contributed by atoms with Gasteiger partial charge in [0.1, 0.15) is 18.0 Å². The van der Waals surface area contributed by atoms with Gasteiger partial charge in [-0.3, -0.25) is 10.2 Å². The summed E-state index contributed by atoms with van der Waals surface area (Å²) in [6.07, 6.45) is 12.2. The van der Waals surface area contributed by atoms with Crippen LogP contribution >= 0.6 is 0 Å². The molecule has 2 saturated carbocycles. The van der Waals surface area contributed by atoms with E-state index in [-0.39, 0.29) is 0 Å². The van der Waals surface area contributed by atoms with Crippen LogP contribution in [0.1, 0.15) is 68.7 Å². The van der Waals surface area contributed by atoms with Gasteiger partial charge >= 0.3 is 0 Å². The number of anilines is 5. The first-order valence-corrected chi connectivity index (χ1v) is 16.0. The Bertz CT molecular complexity index is 1860. The number of nitrogens with zero attached hydrogens (tertiary/aromatic N) is 6. The van der Waals surface area contributed by atoms with Crippen molar-refractivity contribution in [3.63, 3.8) is 0 Å². The Morgan fingerprint density at radius 3 is 2.22 bits per heavy atom. The number of hydrogen-bond donors (Lipinski definition) is 5. The topological polar surface area (TPSA) is 145 Å². The van der Waals surface area contributed by atoms with E-state index in [1.165, 1.54) is 57.1 Å². The molecule has 0 saturated heterocycles. The molecule has 6 aromatic rings. The van der Waals surface area contributed by atoms with Crippen molar-refractivity contribution in [1.82, 2.24) is 40.3 Å². The van der Waals surface area contributed by atoms with Crippen molar-refractivity contribution in [1.29, 1.82) is 0 Å². The Morgan fingerprint density at radius 2 is 1.44 bits per heavy atom. The second-order valence-electron chi connectivity index (χ2n) is 12.0. The van der Waals surface area contributed by atoms with Gasteiger partial charge in [0.15, 0.2) is 11.6 Å². The lowest BCUT2D eigenvalue weighted by atomic mass is 9.87. The molecule has 2 aromatic carbocycles. The third-order valence-electron chi connectivity index (χ3n) is 8.52. The standard InChI is InChI=1S/C22H28N6.C12H11N5/c1-2-6-15(7-3-1)12-13-23-22-24-18-9-5-4-8-17(18)21(26-22)25-20-14-19(27-28-20)16-10-11-16;1-8-6-11(17-16-8)15-12-9-4-2-3-5-10(9)13-7-14-12/h4-5,8-9,14-16H,1-3,6-7,10-13H2,(H3,23,24,25,26,27,28);2-7H,1H3,(H2,13,14,15,16,17). The van der Waals surface area contributed by atoms with Crippen molar-refractivity contribution >= 4 is 51.0 Å². The molecule has 8 rings (SSSR count). The fraction of sp³-hybridized carbons (Fsp3) is 0.353. The maximum Gasteiger partial charge on any atom is 0.225 e. The van der Waals surface area contributed by atoms with Crippen molar-refractivity contribution in [2.75, 3.05) is 22.5 Å². The summed E-state index contributed by atoms with van der Waals surface area (Å²) in [5, 5.41) is 26.6. The van der Waals surface area contributed by atoms with Crippen LogP contribution in [0.25, 0.3) is 21.8 Å². The van der Waals surface area contributed by atoms with Crippen LogP contribution in [0.4, 0.5) is 29.2 Å². The molecule has 2 fully saturated rings. The van der Waals surface area contributed by atoms with Gasteiger partial charge in [-0.05, 0) is 56.4 Å². The third kappa shape index (κ3) is 7.19. The Morgan fingerprint density at radius 1 is 0.733 bits per heavy atom. The number of nitrogens with one attached hydrogen (secondary N) is 5. The van der Waals surface area contributed by atoms with Gasteiger partial charge in [-0.25, -0.2) is 15.0 Å². The number of aryl methyl sites for hydroxylation is 1. The number of H-pyrrole nitrogens is 2. The predicted octanol–water partition coefficient (Wildman–Crippen LogP) is 7.76. The second-order valence-corrected chi connectivity index (χ2v) is 12.0. The summed E-state index contributed by atoms with van der Waals surface area (Å²) in [6.45, 7) is 2.88. The minimum Gasteiger partial charge on any atom is -0.354 e. The smallest absolute Gasteiger partial charge is 0.225 e. The zero-order chi connectivity index (χ0) is 30.4. The van der Waals surface area contributed by atoms with Crippen molar-refractivity contribution in [2.45, 2.75) is 64.2 Å². The van der Waals surface area contributed by atoms with E-state index in [1.54, 1.807) is 6.33 Å². The number of hydrogen-bond acceptors (Lipinski definition) is 9. The first-order valence-electron chi connectivity index (χ1n) is 16.0. The molecule has 0 spiro atoms. The summed E-state index contributed by atoms with van der Waals surface area (Å²) >= 11 is 0. The molecular formula is C34H39N11. The normalized spacial score (nSPS) is 15.0. The lowest BCUT2D eigenvalue weighted by Crippen LogP contribution is -2.13. The summed E-state index contributed by atoms with van der Waals surface area (Å²) in [5.41, 5.74) is 4.08. The van der Waals surface area contributed by atoms with Gasteiger partial charge in [-0.15, -0.1) is 0 Å². The number of aromatic amines is 2. The highest BCUT2D eigenvalue weighted by molar-refractivity contribution is 5.91. The molecule has 4 heterocycles. The van der Waals surface area contributed by atoms with Crippen LogP contribution in [-0.2, 0) is 0 Å². The van der Waals surface area contributed by atoms with E-state index in [0.29, 0.717) is 11.9 Å². The molecule has 11 nitrogen and oxygen atoms in total. The fourth-order valence-corrected chi connectivity index (χ4v) is 5.95. The fourth-order valence-electron chi connectivity index (χ4n) is 5.95. The molecule has 11 heteroatoms. The molecule has 5 N–H and O–H groups in total. The van der Waals surface area contributed by atoms with E-state index < -0.39 is 0 Å². The summed E-state index contributed by atoms with van der Waals surface area (Å²) in [4.78, 5) is 17.9. The van der Waals surface area contributed by atoms with Crippen LogP contribution in [0.15, 0.2) is 67.0 Å². The molecule has 0 bridgehead atoms.